The van der Waals surface area contributed by atoms with Crippen molar-refractivity contribution < 1.29 is 4.74 Å². The van der Waals surface area contributed by atoms with E-state index in [1.807, 2.05) is 0 Å². The number of rotatable bonds is 6. The van der Waals surface area contributed by atoms with Crippen LogP contribution < -0.4 is 10.1 Å². The molecule has 0 saturated carbocycles. The van der Waals surface area contributed by atoms with E-state index in [-0.39, 0.29) is 0 Å². The third-order valence-electron chi connectivity index (χ3n) is 3.27. The van der Waals surface area contributed by atoms with Gasteiger partial charge in [0.25, 0.3) is 0 Å². The van der Waals surface area contributed by atoms with Crippen LogP contribution in [-0.4, -0.2) is 20.2 Å². The van der Waals surface area contributed by atoms with Crippen molar-refractivity contribution >= 4 is 0 Å². The fourth-order valence-electron chi connectivity index (χ4n) is 2.13. The molecular weight excluding hydrogens is 210 g/mol. The first kappa shape index (κ1) is 14.0. The SMILES string of the molecule is CCNCC(C)Cc1ccc(C)c(C)c1OC. The molecule has 0 saturated heterocycles. The normalized spacial score (nSPS) is 12.5. The Morgan fingerprint density at radius 2 is 2.00 bits per heavy atom. The van der Waals surface area contributed by atoms with Gasteiger partial charge >= 0.3 is 0 Å². The highest BCUT2D eigenvalue weighted by Gasteiger charge is 2.11. The lowest BCUT2D eigenvalue weighted by Crippen LogP contribution is -2.22. The second-order valence-corrected chi connectivity index (χ2v) is 4.82. The van der Waals surface area contributed by atoms with Gasteiger partial charge in [-0.1, -0.05) is 26.0 Å². The summed E-state index contributed by atoms with van der Waals surface area (Å²) in [6.07, 6.45) is 1.07. The van der Waals surface area contributed by atoms with Gasteiger partial charge in [0.05, 0.1) is 7.11 Å². The highest BCUT2D eigenvalue weighted by Crippen LogP contribution is 2.27. The van der Waals surface area contributed by atoms with E-state index < -0.39 is 0 Å². The maximum absolute atomic E-state index is 5.54. The van der Waals surface area contributed by atoms with Gasteiger partial charge in [0.2, 0.25) is 0 Å². The highest BCUT2D eigenvalue weighted by atomic mass is 16.5. The average Bonchev–Trinajstić information content (AvgIpc) is 2.32. The maximum atomic E-state index is 5.54. The largest absolute Gasteiger partial charge is 0.496 e. The standard InChI is InChI=1S/C15H25NO/c1-6-16-10-11(2)9-14-8-7-12(3)13(4)15(14)17-5/h7-8,11,16H,6,9-10H2,1-5H3. The maximum Gasteiger partial charge on any atom is 0.125 e. The summed E-state index contributed by atoms with van der Waals surface area (Å²) in [5.41, 5.74) is 3.88. The van der Waals surface area contributed by atoms with Crippen molar-refractivity contribution in [2.24, 2.45) is 5.92 Å². The zero-order valence-corrected chi connectivity index (χ0v) is 11.8. The van der Waals surface area contributed by atoms with Crippen LogP contribution in [0.15, 0.2) is 12.1 Å². The molecule has 0 aliphatic heterocycles. The number of aryl methyl sites for hydroxylation is 1. The molecule has 0 heterocycles. The molecule has 0 spiro atoms. The summed E-state index contributed by atoms with van der Waals surface area (Å²) < 4.78 is 5.54. The molecule has 0 fully saturated rings. The van der Waals surface area contributed by atoms with Crippen molar-refractivity contribution in [3.63, 3.8) is 0 Å². The van der Waals surface area contributed by atoms with Gasteiger partial charge in [-0.15, -0.1) is 0 Å². The molecule has 1 aromatic rings. The van der Waals surface area contributed by atoms with Gasteiger partial charge in [-0.05, 0) is 56.0 Å². The molecule has 0 aromatic heterocycles. The van der Waals surface area contributed by atoms with Gasteiger partial charge in [0.15, 0.2) is 0 Å². The van der Waals surface area contributed by atoms with E-state index in [2.05, 4.69) is 45.1 Å². The Kier molecular flexibility index (Phi) is 5.49. The van der Waals surface area contributed by atoms with E-state index in [1.165, 1.54) is 16.7 Å². The van der Waals surface area contributed by atoms with Crippen LogP contribution in [0.4, 0.5) is 0 Å². The van der Waals surface area contributed by atoms with Crippen LogP contribution in [-0.2, 0) is 6.42 Å². The summed E-state index contributed by atoms with van der Waals surface area (Å²) >= 11 is 0. The molecule has 0 aliphatic carbocycles. The topological polar surface area (TPSA) is 21.3 Å². The second kappa shape index (κ2) is 6.65. The molecule has 2 heteroatoms. The third kappa shape index (κ3) is 3.74. The van der Waals surface area contributed by atoms with E-state index >= 15 is 0 Å². The minimum atomic E-state index is 0.631. The van der Waals surface area contributed by atoms with Crippen LogP contribution in [0.5, 0.6) is 5.75 Å². The lowest BCUT2D eigenvalue weighted by Gasteiger charge is -2.17. The molecule has 1 aromatic carbocycles. The minimum absolute atomic E-state index is 0.631. The van der Waals surface area contributed by atoms with Crippen molar-refractivity contribution in [3.8, 4) is 5.75 Å². The molecule has 0 amide bonds. The molecule has 0 radical (unpaired) electrons. The Balaban J connectivity index is 2.80. The quantitative estimate of drug-likeness (QED) is 0.818. The summed E-state index contributed by atoms with van der Waals surface area (Å²) in [5, 5.41) is 3.39. The fraction of sp³-hybridized carbons (Fsp3) is 0.600. The average molecular weight is 235 g/mol. The number of ether oxygens (including phenoxy) is 1. The number of methoxy groups -OCH3 is 1. The van der Waals surface area contributed by atoms with Crippen molar-refractivity contribution in [1.29, 1.82) is 0 Å². The third-order valence-corrected chi connectivity index (χ3v) is 3.27. The van der Waals surface area contributed by atoms with Gasteiger partial charge in [-0.25, -0.2) is 0 Å². The number of hydrogen-bond acceptors (Lipinski definition) is 2. The zero-order chi connectivity index (χ0) is 12.8. The first-order chi connectivity index (χ1) is 8.10. The molecule has 0 aliphatic rings. The van der Waals surface area contributed by atoms with Crippen LogP contribution in [0.25, 0.3) is 0 Å². The van der Waals surface area contributed by atoms with Gasteiger partial charge in [0, 0.05) is 0 Å². The molecule has 1 N–H and O–H groups in total. The monoisotopic (exact) mass is 235 g/mol. The Hall–Kier alpha value is -1.02. The van der Waals surface area contributed by atoms with Gasteiger partial charge in [-0.3, -0.25) is 0 Å². The minimum Gasteiger partial charge on any atom is -0.496 e. The van der Waals surface area contributed by atoms with E-state index in [1.54, 1.807) is 7.11 Å². The summed E-state index contributed by atoms with van der Waals surface area (Å²) in [6, 6.07) is 4.39. The van der Waals surface area contributed by atoms with Gasteiger partial charge < -0.3 is 10.1 Å². The van der Waals surface area contributed by atoms with Crippen LogP contribution >= 0.6 is 0 Å². The lowest BCUT2D eigenvalue weighted by molar-refractivity contribution is 0.400. The first-order valence-electron chi connectivity index (χ1n) is 6.43. The van der Waals surface area contributed by atoms with Gasteiger partial charge in [0.1, 0.15) is 5.75 Å². The van der Waals surface area contributed by atoms with Crippen LogP contribution in [0.2, 0.25) is 0 Å². The smallest absolute Gasteiger partial charge is 0.125 e. The molecule has 96 valence electrons. The fourth-order valence-corrected chi connectivity index (χ4v) is 2.13. The van der Waals surface area contributed by atoms with Crippen molar-refractivity contribution in [2.75, 3.05) is 20.2 Å². The van der Waals surface area contributed by atoms with Crippen LogP contribution in [0.3, 0.4) is 0 Å². The zero-order valence-electron chi connectivity index (χ0n) is 11.8. The molecule has 1 unspecified atom stereocenters. The van der Waals surface area contributed by atoms with Crippen molar-refractivity contribution in [2.45, 2.75) is 34.1 Å². The van der Waals surface area contributed by atoms with E-state index in [4.69, 9.17) is 4.74 Å². The highest BCUT2D eigenvalue weighted by molar-refractivity contribution is 5.45. The Labute approximate surface area is 105 Å². The van der Waals surface area contributed by atoms with Crippen LogP contribution in [0, 0.1) is 19.8 Å². The Morgan fingerprint density at radius 3 is 2.59 bits per heavy atom. The van der Waals surface area contributed by atoms with Gasteiger partial charge in [-0.2, -0.15) is 0 Å². The first-order valence-corrected chi connectivity index (χ1v) is 6.43. The van der Waals surface area contributed by atoms with E-state index in [0.717, 1.165) is 25.3 Å². The summed E-state index contributed by atoms with van der Waals surface area (Å²) in [5.74, 6) is 1.69. The predicted molar refractivity (Wildman–Crippen MR) is 73.9 cm³/mol. The molecule has 1 atom stereocenters. The second-order valence-electron chi connectivity index (χ2n) is 4.82. The Morgan fingerprint density at radius 1 is 1.29 bits per heavy atom. The molecular formula is C15H25NO. The van der Waals surface area contributed by atoms with E-state index in [0.29, 0.717) is 5.92 Å². The summed E-state index contributed by atoms with van der Waals surface area (Å²) in [7, 11) is 1.76. The lowest BCUT2D eigenvalue weighted by atomic mass is 9.96. The Bertz CT molecular complexity index is 360. The predicted octanol–water partition coefficient (Wildman–Crippen LogP) is 3.10. The molecule has 17 heavy (non-hydrogen) atoms. The van der Waals surface area contributed by atoms with Crippen molar-refractivity contribution in [3.05, 3.63) is 28.8 Å². The number of hydrogen-bond donors (Lipinski definition) is 1. The molecule has 1 rings (SSSR count). The number of nitrogens with one attached hydrogen (secondary N) is 1. The van der Waals surface area contributed by atoms with Crippen molar-refractivity contribution in [1.82, 2.24) is 5.32 Å². The molecule has 2 nitrogen and oxygen atoms in total. The number of benzene rings is 1. The van der Waals surface area contributed by atoms with E-state index in [9.17, 15) is 0 Å². The summed E-state index contributed by atoms with van der Waals surface area (Å²) in [6.45, 7) is 10.8. The van der Waals surface area contributed by atoms with Crippen LogP contribution in [0.1, 0.15) is 30.5 Å². The summed E-state index contributed by atoms with van der Waals surface area (Å²) in [4.78, 5) is 0. The molecule has 0 bridgehead atoms.